The van der Waals surface area contributed by atoms with E-state index in [-0.39, 0.29) is 11.3 Å². The Morgan fingerprint density at radius 3 is 2.48 bits per heavy atom. The third-order valence-electron chi connectivity index (χ3n) is 2.73. The fourth-order valence-corrected chi connectivity index (χ4v) is 2.84. The number of carbonyl (C=O) groups is 2. The lowest BCUT2D eigenvalue weighted by Crippen LogP contribution is -2.15. The number of rotatable bonds is 3. The molecule has 0 aliphatic heterocycles. The predicted octanol–water partition coefficient (Wildman–Crippen LogP) is 3.87. The van der Waals surface area contributed by atoms with Crippen molar-refractivity contribution in [2.24, 2.45) is 0 Å². The molecule has 1 heterocycles. The molecule has 1 amide bonds. The Morgan fingerprint density at radius 1 is 1.19 bits per heavy atom. The van der Waals surface area contributed by atoms with Gasteiger partial charge >= 0.3 is 5.97 Å². The number of carbonyl (C=O) groups excluding carboxylic acids is 1. The fraction of sp³-hybridized carbons (Fsp3) is 0.0714. The molecule has 0 radical (unpaired) electrons. The molecule has 0 spiro atoms. The lowest BCUT2D eigenvalue weighted by molar-refractivity contribution is 0.0695. The van der Waals surface area contributed by atoms with Crippen molar-refractivity contribution >= 4 is 49.4 Å². The van der Waals surface area contributed by atoms with Crippen LogP contribution in [0.5, 0.6) is 0 Å². The number of halogens is 2. The maximum atomic E-state index is 12.1. The Hall–Kier alpha value is -1.73. The normalized spacial score (nSPS) is 10.2. The van der Waals surface area contributed by atoms with E-state index in [0.717, 1.165) is 8.95 Å². The van der Waals surface area contributed by atoms with Crippen LogP contribution in [0, 0.1) is 6.92 Å². The van der Waals surface area contributed by atoms with Gasteiger partial charge in [-0.15, -0.1) is 0 Å². The molecule has 0 aliphatic carbocycles. The van der Waals surface area contributed by atoms with Crippen LogP contribution >= 0.6 is 31.9 Å². The molecule has 21 heavy (non-hydrogen) atoms. The van der Waals surface area contributed by atoms with Crippen molar-refractivity contribution in [1.29, 1.82) is 0 Å². The van der Waals surface area contributed by atoms with E-state index < -0.39 is 11.9 Å². The maximum absolute atomic E-state index is 12.1. The molecule has 1 aromatic heterocycles. The van der Waals surface area contributed by atoms with Crippen LogP contribution < -0.4 is 5.32 Å². The number of hydrogen-bond donors (Lipinski definition) is 2. The monoisotopic (exact) mass is 412 g/mol. The van der Waals surface area contributed by atoms with Gasteiger partial charge in [0.25, 0.3) is 5.91 Å². The zero-order chi connectivity index (χ0) is 15.6. The lowest BCUT2D eigenvalue weighted by atomic mass is 10.2. The van der Waals surface area contributed by atoms with Gasteiger partial charge in [0, 0.05) is 8.95 Å². The molecule has 0 atom stereocenters. The highest BCUT2D eigenvalue weighted by atomic mass is 79.9. The molecule has 7 heteroatoms. The summed E-state index contributed by atoms with van der Waals surface area (Å²) in [5.41, 5.74) is 1.14. The number of nitrogens with one attached hydrogen (secondary N) is 1. The molecule has 1 aromatic carbocycles. The molecule has 0 aliphatic rings. The summed E-state index contributed by atoms with van der Waals surface area (Å²) in [6.07, 6.45) is 0. The van der Waals surface area contributed by atoms with Crippen LogP contribution in [0.2, 0.25) is 0 Å². The minimum atomic E-state index is -1.07. The molecule has 5 nitrogen and oxygen atoms in total. The summed E-state index contributed by atoms with van der Waals surface area (Å²) in [6, 6.07) is 8.10. The molecule has 0 saturated carbocycles. The second-order valence-electron chi connectivity index (χ2n) is 4.21. The van der Waals surface area contributed by atoms with Crippen molar-refractivity contribution in [1.82, 2.24) is 4.98 Å². The van der Waals surface area contributed by atoms with Crippen LogP contribution in [0.4, 0.5) is 5.69 Å². The number of aromatic carboxylic acids is 1. The number of benzene rings is 1. The first-order valence-corrected chi connectivity index (χ1v) is 7.44. The van der Waals surface area contributed by atoms with Gasteiger partial charge in [-0.3, -0.25) is 4.79 Å². The molecule has 108 valence electrons. The third kappa shape index (κ3) is 3.68. The van der Waals surface area contributed by atoms with Crippen LogP contribution in [0.3, 0.4) is 0 Å². The van der Waals surface area contributed by atoms with E-state index in [1.807, 2.05) is 6.07 Å². The number of hydrogen-bond acceptors (Lipinski definition) is 3. The Bertz CT molecular complexity index is 732. The number of carboxylic acids is 1. The number of anilines is 1. The minimum absolute atomic E-state index is 0.0800. The van der Waals surface area contributed by atoms with Gasteiger partial charge in [0.05, 0.1) is 16.9 Å². The van der Waals surface area contributed by atoms with Gasteiger partial charge in [0.2, 0.25) is 0 Å². The summed E-state index contributed by atoms with van der Waals surface area (Å²) < 4.78 is 1.61. The van der Waals surface area contributed by atoms with Crippen LogP contribution in [0.25, 0.3) is 0 Å². The van der Waals surface area contributed by atoms with Crippen molar-refractivity contribution < 1.29 is 14.7 Å². The van der Waals surface area contributed by atoms with Gasteiger partial charge in [-0.05, 0) is 53.2 Å². The van der Waals surface area contributed by atoms with Crippen molar-refractivity contribution in [3.63, 3.8) is 0 Å². The topological polar surface area (TPSA) is 79.3 Å². The summed E-state index contributed by atoms with van der Waals surface area (Å²) in [4.78, 5) is 27.1. The minimum Gasteiger partial charge on any atom is -0.478 e. The highest BCUT2D eigenvalue weighted by Gasteiger charge is 2.14. The number of pyridine rings is 1. The smallest absolute Gasteiger partial charge is 0.337 e. The Labute approximate surface area is 137 Å². The average molecular weight is 414 g/mol. The first-order valence-electron chi connectivity index (χ1n) is 5.86. The van der Waals surface area contributed by atoms with Crippen LogP contribution in [0.15, 0.2) is 39.3 Å². The quantitative estimate of drug-likeness (QED) is 0.800. The van der Waals surface area contributed by atoms with E-state index in [0.29, 0.717) is 11.4 Å². The van der Waals surface area contributed by atoms with Crippen LogP contribution in [0.1, 0.15) is 26.5 Å². The van der Waals surface area contributed by atoms with E-state index in [2.05, 4.69) is 42.2 Å². The molecule has 2 aromatic rings. The lowest BCUT2D eigenvalue weighted by Gasteiger charge is -2.08. The average Bonchev–Trinajstić information content (AvgIpc) is 2.41. The largest absolute Gasteiger partial charge is 0.478 e. The van der Waals surface area contributed by atoms with Crippen molar-refractivity contribution in [3.05, 3.63) is 56.2 Å². The SMILES string of the molecule is Cc1nc(C(=O)Nc2ccc(Br)cc2Br)ccc1C(=O)O. The number of amides is 1. The summed E-state index contributed by atoms with van der Waals surface area (Å²) in [7, 11) is 0. The summed E-state index contributed by atoms with van der Waals surface area (Å²) in [5, 5.41) is 11.7. The number of aromatic nitrogens is 1. The zero-order valence-corrected chi connectivity index (χ0v) is 14.0. The Balaban J connectivity index is 2.24. The molecule has 0 saturated heterocycles. The first-order chi connectivity index (χ1) is 9.88. The van der Waals surface area contributed by atoms with Crippen molar-refractivity contribution in [2.75, 3.05) is 5.32 Å². The van der Waals surface area contributed by atoms with E-state index in [4.69, 9.17) is 5.11 Å². The summed E-state index contributed by atoms with van der Waals surface area (Å²) in [5.74, 6) is -1.47. The molecule has 0 fully saturated rings. The predicted molar refractivity (Wildman–Crippen MR) is 85.7 cm³/mol. The van der Waals surface area contributed by atoms with Gasteiger partial charge in [-0.2, -0.15) is 0 Å². The van der Waals surface area contributed by atoms with Gasteiger partial charge in [-0.1, -0.05) is 15.9 Å². The molecular formula is C14H10Br2N2O3. The van der Waals surface area contributed by atoms with Crippen molar-refractivity contribution in [2.45, 2.75) is 6.92 Å². The maximum Gasteiger partial charge on any atom is 0.337 e. The van der Waals surface area contributed by atoms with Gasteiger partial charge in [0.1, 0.15) is 5.69 Å². The fourth-order valence-electron chi connectivity index (χ4n) is 1.69. The van der Waals surface area contributed by atoms with E-state index >= 15 is 0 Å². The standard InChI is InChI=1S/C14H10Br2N2O3/c1-7-9(14(20)21)3-5-12(17-7)13(19)18-11-4-2-8(15)6-10(11)16/h2-6H,1H3,(H,18,19)(H,20,21). The number of carboxylic acid groups (broad SMARTS) is 1. The van der Waals surface area contributed by atoms with Gasteiger partial charge in [0.15, 0.2) is 0 Å². The van der Waals surface area contributed by atoms with Crippen LogP contribution in [-0.2, 0) is 0 Å². The first kappa shape index (κ1) is 15.7. The molecule has 2 N–H and O–H groups in total. The van der Waals surface area contributed by atoms with E-state index in [1.54, 1.807) is 19.1 Å². The number of aryl methyl sites for hydroxylation is 1. The molecule has 0 bridgehead atoms. The zero-order valence-electron chi connectivity index (χ0n) is 10.9. The Kier molecular flexibility index (Phi) is 4.74. The highest BCUT2D eigenvalue weighted by Crippen LogP contribution is 2.26. The molecule has 2 rings (SSSR count). The van der Waals surface area contributed by atoms with E-state index in [1.165, 1.54) is 12.1 Å². The molecular weight excluding hydrogens is 404 g/mol. The third-order valence-corrected chi connectivity index (χ3v) is 3.88. The van der Waals surface area contributed by atoms with E-state index in [9.17, 15) is 9.59 Å². The highest BCUT2D eigenvalue weighted by molar-refractivity contribution is 9.11. The second kappa shape index (κ2) is 6.36. The second-order valence-corrected chi connectivity index (χ2v) is 5.98. The van der Waals surface area contributed by atoms with Gasteiger partial charge < -0.3 is 10.4 Å². The summed E-state index contributed by atoms with van der Waals surface area (Å²) in [6.45, 7) is 1.55. The van der Waals surface area contributed by atoms with Crippen molar-refractivity contribution in [3.8, 4) is 0 Å². The van der Waals surface area contributed by atoms with Crippen LogP contribution in [-0.4, -0.2) is 22.0 Å². The summed E-state index contributed by atoms with van der Waals surface area (Å²) >= 11 is 6.68. The Morgan fingerprint density at radius 2 is 1.90 bits per heavy atom. The van der Waals surface area contributed by atoms with Gasteiger partial charge in [-0.25, -0.2) is 9.78 Å². The molecule has 0 unspecified atom stereocenters. The number of nitrogens with zero attached hydrogens (tertiary/aromatic N) is 1.